The lowest BCUT2D eigenvalue weighted by Gasteiger charge is -2.18. The third-order valence-corrected chi connectivity index (χ3v) is 4.97. The molecule has 5 N–H and O–H groups in total. The molecule has 0 aliphatic carbocycles. The Balaban J connectivity index is 1.66. The van der Waals surface area contributed by atoms with Crippen molar-refractivity contribution in [3.8, 4) is 11.1 Å². The number of nitrogens with one attached hydrogen (secondary N) is 2. The molecule has 3 aromatic carbocycles. The summed E-state index contributed by atoms with van der Waals surface area (Å²) in [6, 6.07) is 22.7. The van der Waals surface area contributed by atoms with Crippen LogP contribution in [0.2, 0.25) is 0 Å². The molecular weight excluding hydrogens is 406 g/mol. The van der Waals surface area contributed by atoms with Gasteiger partial charge in [-0.1, -0.05) is 54.6 Å². The maximum absolute atomic E-state index is 12.7. The molecule has 1 unspecified atom stereocenters. The predicted octanol–water partition coefficient (Wildman–Crippen LogP) is 3.22. The van der Waals surface area contributed by atoms with E-state index in [0.29, 0.717) is 11.3 Å². The molecule has 0 aliphatic heterocycles. The molecule has 3 aromatic rings. The number of rotatable bonds is 9. The first kappa shape index (κ1) is 22.6. The topological polar surface area (TPSA) is 122 Å². The van der Waals surface area contributed by atoms with Crippen molar-refractivity contribution in [3.63, 3.8) is 0 Å². The average Bonchev–Trinajstić information content (AvgIpc) is 2.81. The Morgan fingerprint density at radius 1 is 0.844 bits per heavy atom. The molecule has 0 radical (unpaired) electrons. The summed E-state index contributed by atoms with van der Waals surface area (Å²) in [4.78, 5) is 36.4. The lowest BCUT2D eigenvalue weighted by Crippen LogP contribution is -2.46. The Labute approximate surface area is 186 Å². The van der Waals surface area contributed by atoms with Crippen molar-refractivity contribution in [2.24, 2.45) is 0 Å². The van der Waals surface area contributed by atoms with Crippen LogP contribution in [0.1, 0.15) is 28.8 Å². The fourth-order valence-electron chi connectivity index (χ4n) is 3.18. The van der Waals surface area contributed by atoms with Crippen LogP contribution in [0.5, 0.6) is 0 Å². The number of carboxylic acids is 1. The molecule has 0 aliphatic rings. The lowest BCUT2D eigenvalue weighted by atomic mass is 10.0. The minimum absolute atomic E-state index is 0.00871. The van der Waals surface area contributed by atoms with Crippen molar-refractivity contribution in [1.29, 1.82) is 0 Å². The molecule has 7 heteroatoms. The van der Waals surface area contributed by atoms with Crippen LogP contribution >= 0.6 is 0 Å². The smallest absolute Gasteiger partial charge is 0.303 e. The number of hydrogen-bond acceptors (Lipinski definition) is 4. The summed E-state index contributed by atoms with van der Waals surface area (Å²) in [6.45, 7) is 0.287. The zero-order chi connectivity index (χ0) is 22.9. The van der Waals surface area contributed by atoms with Crippen molar-refractivity contribution in [2.75, 3.05) is 5.73 Å². The van der Waals surface area contributed by atoms with Crippen LogP contribution in [0.4, 0.5) is 5.69 Å². The van der Waals surface area contributed by atoms with Gasteiger partial charge in [0.2, 0.25) is 5.91 Å². The fraction of sp³-hybridized carbons (Fsp3) is 0.160. The summed E-state index contributed by atoms with van der Waals surface area (Å²) in [5.41, 5.74) is 9.55. The highest BCUT2D eigenvalue weighted by molar-refractivity contribution is 5.98. The van der Waals surface area contributed by atoms with Gasteiger partial charge < -0.3 is 21.5 Å². The largest absolute Gasteiger partial charge is 0.481 e. The summed E-state index contributed by atoms with van der Waals surface area (Å²) < 4.78 is 0. The fourth-order valence-corrected chi connectivity index (χ4v) is 3.18. The van der Waals surface area contributed by atoms with Crippen LogP contribution in [-0.2, 0) is 16.1 Å². The maximum Gasteiger partial charge on any atom is 0.303 e. The van der Waals surface area contributed by atoms with Crippen molar-refractivity contribution in [3.05, 3.63) is 90.0 Å². The number of aliphatic carboxylic acids is 1. The second kappa shape index (κ2) is 10.8. The number of hydrogen-bond donors (Lipinski definition) is 4. The Morgan fingerprint density at radius 3 is 2.03 bits per heavy atom. The minimum atomic E-state index is -1.03. The summed E-state index contributed by atoms with van der Waals surface area (Å²) >= 11 is 0. The van der Waals surface area contributed by atoms with E-state index in [-0.39, 0.29) is 19.4 Å². The average molecular weight is 431 g/mol. The summed E-state index contributed by atoms with van der Waals surface area (Å²) in [7, 11) is 0. The van der Waals surface area contributed by atoms with E-state index < -0.39 is 23.8 Å². The number of carboxylic acid groups (broad SMARTS) is 1. The van der Waals surface area contributed by atoms with Crippen molar-refractivity contribution >= 4 is 23.5 Å². The number of nitrogen functional groups attached to an aromatic ring is 1. The lowest BCUT2D eigenvalue weighted by molar-refractivity contribution is -0.137. The van der Waals surface area contributed by atoms with Gasteiger partial charge in [-0.15, -0.1) is 0 Å². The number of benzene rings is 3. The monoisotopic (exact) mass is 431 g/mol. The molecule has 0 bridgehead atoms. The van der Waals surface area contributed by atoms with E-state index in [9.17, 15) is 14.4 Å². The SMILES string of the molecule is Nc1ccc(-c2ccc(C(=O)NC(CCC(=O)O)C(=O)NCc3ccccc3)cc2)cc1. The third-order valence-electron chi connectivity index (χ3n) is 4.97. The number of carbonyl (C=O) groups is 3. The van der Waals surface area contributed by atoms with Crippen molar-refractivity contribution < 1.29 is 19.5 Å². The van der Waals surface area contributed by atoms with Gasteiger partial charge in [0.1, 0.15) is 6.04 Å². The quantitative estimate of drug-likeness (QED) is 0.388. The van der Waals surface area contributed by atoms with Gasteiger partial charge in [0.25, 0.3) is 5.91 Å². The molecule has 0 aromatic heterocycles. The first-order valence-electron chi connectivity index (χ1n) is 10.2. The zero-order valence-electron chi connectivity index (χ0n) is 17.5. The summed E-state index contributed by atoms with van der Waals surface area (Å²) in [5.74, 6) is -1.91. The normalized spacial score (nSPS) is 11.4. The second-order valence-corrected chi connectivity index (χ2v) is 7.36. The minimum Gasteiger partial charge on any atom is -0.481 e. The predicted molar refractivity (Wildman–Crippen MR) is 123 cm³/mol. The molecule has 0 heterocycles. The first-order chi connectivity index (χ1) is 15.4. The Kier molecular flexibility index (Phi) is 7.59. The molecule has 0 fully saturated rings. The van der Waals surface area contributed by atoms with E-state index in [1.807, 2.05) is 54.6 Å². The van der Waals surface area contributed by atoms with Gasteiger partial charge in [0.05, 0.1) is 0 Å². The van der Waals surface area contributed by atoms with Crippen molar-refractivity contribution in [1.82, 2.24) is 10.6 Å². The van der Waals surface area contributed by atoms with E-state index in [4.69, 9.17) is 10.8 Å². The molecular formula is C25H25N3O4. The van der Waals surface area contributed by atoms with Gasteiger partial charge in [-0.25, -0.2) is 0 Å². The molecule has 1 atom stereocenters. The number of anilines is 1. The molecule has 0 saturated carbocycles. The Bertz CT molecular complexity index is 1060. The van der Waals surface area contributed by atoms with E-state index in [1.165, 1.54) is 0 Å². The number of amides is 2. The molecule has 0 spiro atoms. The summed E-state index contributed by atoms with van der Waals surface area (Å²) in [6.07, 6.45) is -0.245. The molecule has 2 amide bonds. The van der Waals surface area contributed by atoms with Gasteiger partial charge >= 0.3 is 5.97 Å². The van der Waals surface area contributed by atoms with E-state index in [0.717, 1.165) is 16.7 Å². The molecule has 32 heavy (non-hydrogen) atoms. The van der Waals surface area contributed by atoms with Gasteiger partial charge in [-0.05, 0) is 47.4 Å². The maximum atomic E-state index is 12.7. The molecule has 164 valence electrons. The van der Waals surface area contributed by atoms with Gasteiger partial charge in [0, 0.05) is 24.2 Å². The third kappa shape index (κ3) is 6.43. The van der Waals surface area contributed by atoms with Crippen LogP contribution < -0.4 is 16.4 Å². The second-order valence-electron chi connectivity index (χ2n) is 7.36. The van der Waals surface area contributed by atoms with E-state index in [2.05, 4.69) is 10.6 Å². The Morgan fingerprint density at radius 2 is 1.44 bits per heavy atom. The highest BCUT2D eigenvalue weighted by Gasteiger charge is 2.22. The van der Waals surface area contributed by atoms with E-state index in [1.54, 1.807) is 24.3 Å². The zero-order valence-corrected chi connectivity index (χ0v) is 17.5. The van der Waals surface area contributed by atoms with Gasteiger partial charge in [0.15, 0.2) is 0 Å². The number of nitrogens with two attached hydrogens (primary N) is 1. The molecule has 0 saturated heterocycles. The van der Waals surface area contributed by atoms with E-state index >= 15 is 0 Å². The molecule has 7 nitrogen and oxygen atoms in total. The summed E-state index contributed by atoms with van der Waals surface area (Å²) in [5, 5.41) is 14.4. The van der Waals surface area contributed by atoms with Crippen LogP contribution in [0.15, 0.2) is 78.9 Å². The van der Waals surface area contributed by atoms with Crippen LogP contribution in [0.3, 0.4) is 0 Å². The van der Waals surface area contributed by atoms with Crippen LogP contribution in [0.25, 0.3) is 11.1 Å². The standard InChI is InChI=1S/C25H25N3O4/c26-21-12-10-19(11-13-21)18-6-8-20(9-7-18)24(31)28-22(14-15-23(29)30)25(32)27-16-17-4-2-1-3-5-17/h1-13,22H,14-16,26H2,(H,27,32)(H,28,31)(H,29,30). The highest BCUT2D eigenvalue weighted by Crippen LogP contribution is 2.21. The number of carbonyl (C=O) groups excluding carboxylic acids is 2. The Hall–Kier alpha value is -4.13. The first-order valence-corrected chi connectivity index (χ1v) is 10.2. The van der Waals surface area contributed by atoms with Gasteiger partial charge in [-0.3, -0.25) is 14.4 Å². The highest BCUT2D eigenvalue weighted by atomic mass is 16.4. The van der Waals surface area contributed by atoms with Crippen molar-refractivity contribution in [2.45, 2.75) is 25.4 Å². The van der Waals surface area contributed by atoms with Gasteiger partial charge in [-0.2, -0.15) is 0 Å². The van der Waals surface area contributed by atoms with Crippen LogP contribution in [0, 0.1) is 0 Å². The van der Waals surface area contributed by atoms with Crippen LogP contribution in [-0.4, -0.2) is 28.9 Å². The molecule has 3 rings (SSSR count).